The van der Waals surface area contributed by atoms with Gasteiger partial charge in [-0.3, -0.25) is 14.2 Å². The molecule has 8 nitrogen and oxygen atoms in total. The number of hydrogen-bond donors (Lipinski definition) is 1. The minimum atomic E-state index is -0.797. The van der Waals surface area contributed by atoms with Gasteiger partial charge < -0.3 is 19.4 Å². The van der Waals surface area contributed by atoms with Crippen molar-refractivity contribution in [1.29, 1.82) is 0 Å². The van der Waals surface area contributed by atoms with Gasteiger partial charge in [-0.2, -0.15) is 0 Å². The highest BCUT2D eigenvalue weighted by Gasteiger charge is 2.34. The Hall–Kier alpha value is -4.86. The van der Waals surface area contributed by atoms with Crippen LogP contribution in [0.4, 0.5) is 5.69 Å². The molecule has 0 saturated carbocycles. The number of nitrogens with one attached hydrogen (secondary N) is 1. The van der Waals surface area contributed by atoms with Crippen molar-refractivity contribution in [3.63, 3.8) is 0 Å². The lowest BCUT2D eigenvalue weighted by atomic mass is 9.94. The van der Waals surface area contributed by atoms with Gasteiger partial charge in [0.1, 0.15) is 17.5 Å². The summed E-state index contributed by atoms with van der Waals surface area (Å²) in [6, 6.07) is 23.5. The number of carbonyl (C=O) groups is 1. The summed E-state index contributed by atoms with van der Waals surface area (Å²) in [6.45, 7) is 5.84. The molecule has 0 fully saturated rings. The van der Waals surface area contributed by atoms with Crippen molar-refractivity contribution in [2.45, 2.75) is 26.8 Å². The fourth-order valence-corrected chi connectivity index (χ4v) is 6.90. The molecule has 0 bridgehead atoms. The molecule has 3 heterocycles. The number of methoxy groups -OCH3 is 2. The van der Waals surface area contributed by atoms with Crippen molar-refractivity contribution in [3.05, 3.63) is 137 Å². The van der Waals surface area contributed by atoms with E-state index in [1.165, 1.54) is 11.3 Å². The second-order valence-corrected chi connectivity index (χ2v) is 12.1. The Balaban J connectivity index is 1.52. The van der Waals surface area contributed by atoms with E-state index in [0.29, 0.717) is 48.4 Å². The number of rotatable bonds is 7. The SMILES string of the molecule is COc1ccc([C@H]2C(C(=O)Nc3ccccc3)=C(C)N=c3s/c(=C\c4cc(C)n(-c5ccc(Cl)cc5)c4C)c(=O)n32)c(OC)c1. The Morgan fingerprint density at radius 3 is 2.40 bits per heavy atom. The first-order valence-electron chi connectivity index (χ1n) is 14.3. The minimum absolute atomic E-state index is 0.254. The number of nitrogens with zero attached hydrogens (tertiary/aromatic N) is 3. The number of allylic oxidation sites excluding steroid dienone is 1. The predicted molar refractivity (Wildman–Crippen MR) is 179 cm³/mol. The van der Waals surface area contributed by atoms with Gasteiger partial charge >= 0.3 is 0 Å². The number of carbonyl (C=O) groups excluding carboxylic acids is 1. The molecule has 0 spiro atoms. The molecule has 1 aliphatic rings. The number of hydrogen-bond acceptors (Lipinski definition) is 6. The minimum Gasteiger partial charge on any atom is -0.497 e. The van der Waals surface area contributed by atoms with E-state index in [2.05, 4.69) is 16.0 Å². The molecule has 1 atom stereocenters. The predicted octanol–water partition coefficient (Wildman–Crippen LogP) is 5.95. The van der Waals surface area contributed by atoms with Crippen LogP contribution in [-0.2, 0) is 4.79 Å². The second kappa shape index (κ2) is 12.3. The molecule has 2 aromatic heterocycles. The van der Waals surface area contributed by atoms with Crippen LogP contribution in [0.1, 0.15) is 35.5 Å². The number of thiazole rings is 1. The van der Waals surface area contributed by atoms with Crippen LogP contribution < -0.4 is 29.7 Å². The summed E-state index contributed by atoms with van der Waals surface area (Å²) in [5.74, 6) is 0.723. The van der Waals surface area contributed by atoms with Crippen LogP contribution >= 0.6 is 22.9 Å². The molecular weight excluding hydrogens is 608 g/mol. The van der Waals surface area contributed by atoms with Crippen LogP contribution in [0, 0.1) is 13.8 Å². The molecule has 45 heavy (non-hydrogen) atoms. The third-order valence-electron chi connectivity index (χ3n) is 7.87. The molecular formula is C35H31ClN4O4S. The number of benzene rings is 3. The topological polar surface area (TPSA) is 86.9 Å². The van der Waals surface area contributed by atoms with Crippen molar-refractivity contribution in [2.75, 3.05) is 19.5 Å². The van der Waals surface area contributed by atoms with Crippen LogP contribution in [0.25, 0.3) is 11.8 Å². The van der Waals surface area contributed by atoms with Crippen molar-refractivity contribution in [2.24, 2.45) is 4.99 Å². The van der Waals surface area contributed by atoms with Gasteiger partial charge in [-0.25, -0.2) is 4.99 Å². The molecule has 0 radical (unpaired) electrons. The van der Waals surface area contributed by atoms with Gasteiger partial charge in [-0.05, 0) is 87.0 Å². The van der Waals surface area contributed by atoms with Gasteiger partial charge in [0, 0.05) is 39.4 Å². The molecule has 228 valence electrons. The summed E-state index contributed by atoms with van der Waals surface area (Å²) < 4.78 is 15.4. The number of aryl methyl sites for hydroxylation is 1. The lowest BCUT2D eigenvalue weighted by Crippen LogP contribution is -2.40. The quantitative estimate of drug-likeness (QED) is 0.239. The summed E-state index contributed by atoms with van der Waals surface area (Å²) in [5.41, 5.74) is 5.77. The van der Waals surface area contributed by atoms with Gasteiger partial charge in [-0.1, -0.05) is 41.1 Å². The Kier molecular flexibility index (Phi) is 8.22. The molecule has 0 saturated heterocycles. The fraction of sp³-hybridized carbons (Fsp3) is 0.171. The van der Waals surface area contributed by atoms with Crippen molar-refractivity contribution >= 4 is 40.6 Å². The molecule has 10 heteroatoms. The molecule has 5 aromatic rings. The monoisotopic (exact) mass is 638 g/mol. The van der Waals surface area contributed by atoms with Crippen LogP contribution in [-0.4, -0.2) is 29.3 Å². The summed E-state index contributed by atoms with van der Waals surface area (Å²) in [7, 11) is 3.13. The molecule has 1 N–H and O–H groups in total. The average molecular weight is 639 g/mol. The molecule has 1 amide bonds. The summed E-state index contributed by atoms with van der Waals surface area (Å²) in [4.78, 5) is 33.5. The van der Waals surface area contributed by atoms with Crippen molar-refractivity contribution in [1.82, 2.24) is 9.13 Å². The first kappa shape index (κ1) is 30.2. The zero-order chi connectivity index (χ0) is 31.8. The highest BCUT2D eigenvalue weighted by atomic mass is 35.5. The van der Waals surface area contributed by atoms with Crippen molar-refractivity contribution in [3.8, 4) is 17.2 Å². The van der Waals surface area contributed by atoms with Crippen molar-refractivity contribution < 1.29 is 14.3 Å². The van der Waals surface area contributed by atoms with E-state index in [0.717, 1.165) is 22.6 Å². The number of halogens is 1. The lowest BCUT2D eigenvalue weighted by Gasteiger charge is -2.26. The number of anilines is 1. The van der Waals surface area contributed by atoms with Crippen LogP contribution in [0.15, 0.2) is 99.9 Å². The fourth-order valence-electron chi connectivity index (χ4n) is 5.73. The second-order valence-electron chi connectivity index (χ2n) is 10.6. The van der Waals surface area contributed by atoms with Gasteiger partial charge in [0.25, 0.3) is 11.5 Å². The summed E-state index contributed by atoms with van der Waals surface area (Å²) in [6.07, 6.45) is 1.89. The van der Waals surface area contributed by atoms with Gasteiger partial charge in [0.15, 0.2) is 4.80 Å². The van der Waals surface area contributed by atoms with E-state index in [9.17, 15) is 9.59 Å². The normalized spacial score (nSPS) is 14.6. The summed E-state index contributed by atoms with van der Waals surface area (Å²) >= 11 is 7.42. The number of aromatic nitrogens is 2. The van der Waals surface area contributed by atoms with E-state index in [-0.39, 0.29) is 11.5 Å². The van der Waals surface area contributed by atoms with E-state index in [1.807, 2.05) is 80.6 Å². The number of ether oxygens (including phenoxy) is 2. The zero-order valence-electron chi connectivity index (χ0n) is 25.4. The summed E-state index contributed by atoms with van der Waals surface area (Å²) in [5, 5.41) is 3.65. The van der Waals surface area contributed by atoms with E-state index < -0.39 is 6.04 Å². The van der Waals surface area contributed by atoms with E-state index >= 15 is 0 Å². The maximum Gasteiger partial charge on any atom is 0.271 e. The Bertz CT molecular complexity index is 2140. The van der Waals surface area contributed by atoms with Crippen LogP contribution in [0.5, 0.6) is 11.5 Å². The molecule has 0 unspecified atom stereocenters. The largest absolute Gasteiger partial charge is 0.497 e. The van der Waals surface area contributed by atoms with Crippen LogP contribution in [0.2, 0.25) is 5.02 Å². The third kappa shape index (κ3) is 5.61. The number of para-hydroxylation sites is 1. The number of fused-ring (bicyclic) bond motifs is 1. The van der Waals surface area contributed by atoms with E-state index in [4.69, 9.17) is 26.1 Å². The molecule has 6 rings (SSSR count). The van der Waals surface area contributed by atoms with Gasteiger partial charge in [-0.15, -0.1) is 0 Å². The van der Waals surface area contributed by atoms with Gasteiger partial charge in [0.2, 0.25) is 0 Å². The highest BCUT2D eigenvalue weighted by molar-refractivity contribution is 7.07. The standard InChI is InChI=1S/C35H31ClN4O4S/c1-20-17-23(22(3)39(20)26-13-11-24(36)12-14-26)18-30-34(42)40-32(28-16-15-27(43-4)19-29(28)44-5)31(21(2)37-35(40)45-30)33(41)38-25-9-7-6-8-10-25/h6-19,32H,1-5H3,(H,38,41)/b30-18-/t32-/m0/s1. The Morgan fingerprint density at radius 2 is 1.71 bits per heavy atom. The zero-order valence-corrected chi connectivity index (χ0v) is 27.0. The Labute approximate surface area is 269 Å². The molecule has 1 aliphatic heterocycles. The Morgan fingerprint density at radius 1 is 0.978 bits per heavy atom. The van der Waals surface area contributed by atoms with Crippen LogP contribution in [0.3, 0.4) is 0 Å². The first-order chi connectivity index (χ1) is 21.7. The molecule has 0 aliphatic carbocycles. The molecule has 3 aromatic carbocycles. The van der Waals surface area contributed by atoms with E-state index in [1.54, 1.807) is 37.8 Å². The third-order valence-corrected chi connectivity index (χ3v) is 9.11. The van der Waals surface area contributed by atoms with Gasteiger partial charge in [0.05, 0.1) is 30.0 Å². The first-order valence-corrected chi connectivity index (χ1v) is 15.5. The maximum atomic E-state index is 14.3. The highest BCUT2D eigenvalue weighted by Crippen LogP contribution is 2.37. The average Bonchev–Trinajstić information content (AvgIpc) is 3.50. The smallest absolute Gasteiger partial charge is 0.271 e. The lowest BCUT2D eigenvalue weighted by molar-refractivity contribution is -0.113. The number of amides is 1. The maximum absolute atomic E-state index is 14.3.